The maximum atomic E-state index is 13.7. The molecule has 0 spiro atoms. The summed E-state index contributed by atoms with van der Waals surface area (Å²) in [5, 5.41) is 4.77. The number of para-hydroxylation sites is 1. The summed E-state index contributed by atoms with van der Waals surface area (Å²) in [4.78, 5) is 23.1. The van der Waals surface area contributed by atoms with Crippen LogP contribution < -0.4 is 5.56 Å². The molecule has 3 aromatic heterocycles. The lowest BCUT2D eigenvalue weighted by Gasteiger charge is -2.14. The van der Waals surface area contributed by atoms with Crippen LogP contribution in [0.4, 0.5) is 0 Å². The first-order valence-corrected chi connectivity index (χ1v) is 12.0. The van der Waals surface area contributed by atoms with Gasteiger partial charge in [-0.15, -0.1) is 0 Å². The van der Waals surface area contributed by atoms with E-state index >= 15 is 0 Å². The van der Waals surface area contributed by atoms with Gasteiger partial charge in [-0.1, -0.05) is 54.1 Å². The van der Waals surface area contributed by atoms with E-state index < -0.39 is 0 Å². The molecule has 34 heavy (non-hydrogen) atoms. The van der Waals surface area contributed by atoms with Gasteiger partial charge in [0, 0.05) is 16.3 Å². The molecule has 0 aliphatic heterocycles. The highest BCUT2D eigenvalue weighted by atomic mass is 35.5. The first kappa shape index (κ1) is 20.6. The SMILES string of the molecule is O=c1c2ncn(-c3ccccc3)c2nc(-c2ccc(-c3ccsc3)cc2)n1-c1ccc(Cl)cc1. The molecule has 0 aliphatic carbocycles. The van der Waals surface area contributed by atoms with Gasteiger partial charge in [0.25, 0.3) is 5.56 Å². The Morgan fingerprint density at radius 2 is 1.50 bits per heavy atom. The fourth-order valence-electron chi connectivity index (χ4n) is 3.99. The Bertz CT molecular complexity index is 1650. The molecule has 6 rings (SSSR count). The maximum Gasteiger partial charge on any atom is 0.286 e. The Kier molecular flexibility index (Phi) is 5.09. The third kappa shape index (κ3) is 3.53. The summed E-state index contributed by atoms with van der Waals surface area (Å²) >= 11 is 7.77. The van der Waals surface area contributed by atoms with Crippen LogP contribution in [0.15, 0.2) is 107 Å². The van der Waals surface area contributed by atoms with Gasteiger partial charge in [-0.2, -0.15) is 11.3 Å². The number of fused-ring (bicyclic) bond motifs is 1. The van der Waals surface area contributed by atoms with Crippen LogP contribution in [0.3, 0.4) is 0 Å². The van der Waals surface area contributed by atoms with E-state index in [1.54, 1.807) is 34.4 Å². The number of benzene rings is 3. The lowest BCUT2D eigenvalue weighted by Crippen LogP contribution is -2.22. The third-order valence-corrected chi connectivity index (χ3v) is 6.62. The summed E-state index contributed by atoms with van der Waals surface area (Å²) in [5.41, 5.74) is 5.25. The summed E-state index contributed by atoms with van der Waals surface area (Å²) in [6, 6.07) is 27.1. The van der Waals surface area contributed by atoms with Crippen molar-refractivity contribution < 1.29 is 0 Å². The molecule has 164 valence electrons. The van der Waals surface area contributed by atoms with Gasteiger partial charge in [0.05, 0.1) is 5.69 Å². The number of rotatable bonds is 4. The highest BCUT2D eigenvalue weighted by molar-refractivity contribution is 7.08. The normalized spacial score (nSPS) is 11.2. The molecule has 3 heterocycles. The van der Waals surface area contributed by atoms with Crippen LogP contribution in [0.5, 0.6) is 0 Å². The minimum absolute atomic E-state index is 0.237. The minimum atomic E-state index is -0.237. The van der Waals surface area contributed by atoms with Crippen molar-refractivity contribution in [2.45, 2.75) is 0 Å². The van der Waals surface area contributed by atoms with Crippen LogP contribution >= 0.6 is 22.9 Å². The van der Waals surface area contributed by atoms with Gasteiger partial charge in [0.2, 0.25) is 0 Å². The number of hydrogen-bond acceptors (Lipinski definition) is 4. The van der Waals surface area contributed by atoms with Crippen molar-refractivity contribution in [3.05, 3.63) is 117 Å². The van der Waals surface area contributed by atoms with E-state index in [9.17, 15) is 4.79 Å². The van der Waals surface area contributed by atoms with Gasteiger partial charge in [0.15, 0.2) is 11.2 Å². The molecule has 0 amide bonds. The monoisotopic (exact) mass is 480 g/mol. The summed E-state index contributed by atoms with van der Waals surface area (Å²) < 4.78 is 3.44. The van der Waals surface area contributed by atoms with E-state index in [1.165, 1.54) is 0 Å². The number of hydrogen-bond donors (Lipinski definition) is 0. The van der Waals surface area contributed by atoms with E-state index in [0.717, 1.165) is 22.4 Å². The molecule has 0 N–H and O–H groups in total. The number of imidazole rings is 1. The second kappa shape index (κ2) is 8.41. The van der Waals surface area contributed by atoms with Gasteiger partial charge >= 0.3 is 0 Å². The van der Waals surface area contributed by atoms with Crippen molar-refractivity contribution in [3.63, 3.8) is 0 Å². The Balaban J connectivity index is 1.61. The highest BCUT2D eigenvalue weighted by Crippen LogP contribution is 2.28. The predicted molar refractivity (Wildman–Crippen MR) is 138 cm³/mol. The molecule has 6 aromatic rings. The summed E-state index contributed by atoms with van der Waals surface area (Å²) in [6.07, 6.45) is 1.64. The van der Waals surface area contributed by atoms with Gasteiger partial charge < -0.3 is 0 Å². The zero-order chi connectivity index (χ0) is 23.1. The van der Waals surface area contributed by atoms with Crippen LogP contribution in [0.2, 0.25) is 5.02 Å². The Morgan fingerprint density at radius 1 is 0.765 bits per heavy atom. The summed E-state index contributed by atoms with van der Waals surface area (Å²) in [7, 11) is 0. The largest absolute Gasteiger partial charge is 0.286 e. The van der Waals surface area contributed by atoms with Crippen molar-refractivity contribution >= 4 is 34.1 Å². The van der Waals surface area contributed by atoms with E-state index in [-0.39, 0.29) is 5.56 Å². The van der Waals surface area contributed by atoms with Gasteiger partial charge in [-0.3, -0.25) is 13.9 Å². The summed E-state index contributed by atoms with van der Waals surface area (Å²) in [5.74, 6) is 0.536. The minimum Gasteiger partial charge on any atom is -0.283 e. The molecule has 0 unspecified atom stereocenters. The second-order valence-corrected chi connectivity index (χ2v) is 8.98. The quantitative estimate of drug-likeness (QED) is 0.285. The lowest BCUT2D eigenvalue weighted by molar-refractivity contribution is 0.962. The molecule has 0 radical (unpaired) electrons. The number of halogens is 1. The van der Waals surface area contributed by atoms with Crippen molar-refractivity contribution in [2.24, 2.45) is 0 Å². The summed E-state index contributed by atoms with van der Waals surface area (Å²) in [6.45, 7) is 0. The second-order valence-electron chi connectivity index (χ2n) is 7.76. The van der Waals surface area contributed by atoms with Crippen LogP contribution in [0.25, 0.3) is 45.1 Å². The first-order valence-electron chi connectivity index (χ1n) is 10.6. The van der Waals surface area contributed by atoms with Gasteiger partial charge in [0.1, 0.15) is 12.2 Å². The van der Waals surface area contributed by atoms with E-state index in [0.29, 0.717) is 27.7 Å². The molecular formula is C27H17ClN4OS. The molecule has 0 bridgehead atoms. The first-order chi connectivity index (χ1) is 16.7. The van der Waals surface area contributed by atoms with Crippen molar-refractivity contribution in [1.29, 1.82) is 0 Å². The number of aromatic nitrogens is 4. The zero-order valence-corrected chi connectivity index (χ0v) is 19.4. The third-order valence-electron chi connectivity index (χ3n) is 5.69. The standard InChI is InChI=1S/C27H17ClN4OS/c28-21-10-12-23(13-11-21)32-25(19-8-6-18(7-9-19)20-14-15-34-16-20)30-26-24(27(32)33)29-17-31(26)22-4-2-1-3-5-22/h1-17H. The fraction of sp³-hybridized carbons (Fsp3) is 0. The van der Waals surface area contributed by atoms with Crippen LogP contribution in [-0.4, -0.2) is 19.1 Å². The molecular weight excluding hydrogens is 464 g/mol. The fourth-order valence-corrected chi connectivity index (χ4v) is 4.78. The Labute approximate surface area is 204 Å². The molecule has 7 heteroatoms. The predicted octanol–water partition coefficient (Wildman–Crippen LogP) is 6.62. The maximum absolute atomic E-state index is 13.7. The van der Waals surface area contributed by atoms with Gasteiger partial charge in [-0.25, -0.2) is 9.97 Å². The number of nitrogens with zero attached hydrogens (tertiary/aromatic N) is 4. The lowest BCUT2D eigenvalue weighted by atomic mass is 10.1. The molecule has 0 atom stereocenters. The van der Waals surface area contributed by atoms with Crippen LogP contribution in [0, 0.1) is 0 Å². The Morgan fingerprint density at radius 3 is 2.21 bits per heavy atom. The van der Waals surface area contributed by atoms with E-state index in [1.807, 2.05) is 59.2 Å². The van der Waals surface area contributed by atoms with Crippen molar-refractivity contribution in [1.82, 2.24) is 19.1 Å². The topological polar surface area (TPSA) is 52.7 Å². The molecule has 0 aliphatic rings. The average molecular weight is 481 g/mol. The number of thiophene rings is 1. The molecule has 0 saturated heterocycles. The van der Waals surface area contributed by atoms with Gasteiger partial charge in [-0.05, 0) is 64.4 Å². The van der Waals surface area contributed by atoms with Crippen LogP contribution in [-0.2, 0) is 0 Å². The molecule has 3 aromatic carbocycles. The van der Waals surface area contributed by atoms with Crippen molar-refractivity contribution in [3.8, 4) is 33.9 Å². The zero-order valence-electron chi connectivity index (χ0n) is 17.8. The molecule has 5 nitrogen and oxygen atoms in total. The average Bonchev–Trinajstić information content (AvgIpc) is 3.56. The smallest absolute Gasteiger partial charge is 0.283 e. The molecule has 0 saturated carbocycles. The van der Waals surface area contributed by atoms with Crippen molar-refractivity contribution in [2.75, 3.05) is 0 Å². The van der Waals surface area contributed by atoms with Crippen LogP contribution in [0.1, 0.15) is 0 Å². The molecule has 0 fully saturated rings. The van der Waals surface area contributed by atoms with E-state index in [2.05, 4.69) is 33.9 Å². The Hall–Kier alpha value is -4.00. The van der Waals surface area contributed by atoms with E-state index in [4.69, 9.17) is 16.6 Å². The highest BCUT2D eigenvalue weighted by Gasteiger charge is 2.19.